The predicted octanol–water partition coefficient (Wildman–Crippen LogP) is 3.52. The van der Waals surface area contributed by atoms with Crippen LogP contribution in [0.3, 0.4) is 0 Å². The van der Waals surface area contributed by atoms with Crippen molar-refractivity contribution in [3.63, 3.8) is 0 Å². The highest BCUT2D eigenvalue weighted by molar-refractivity contribution is 6.31. The van der Waals surface area contributed by atoms with Gasteiger partial charge in [0.05, 0.1) is 52.5 Å². The van der Waals surface area contributed by atoms with Gasteiger partial charge < -0.3 is 39.6 Å². The van der Waals surface area contributed by atoms with E-state index in [0.29, 0.717) is 0 Å². The van der Waals surface area contributed by atoms with Crippen molar-refractivity contribution in [2.45, 2.75) is 75.5 Å². The fourth-order valence-electron chi connectivity index (χ4n) is 7.09. The van der Waals surface area contributed by atoms with Gasteiger partial charge in [-0.05, 0) is 32.0 Å². The number of ketones is 3. The Bertz CT molecular complexity index is 2150. The van der Waals surface area contributed by atoms with Crippen LogP contribution in [0, 0.1) is 10.1 Å². The number of ether oxygens (including phenoxy) is 4. The fraction of sp³-hybridized carbons (Fsp3) is 0.361. The zero-order valence-corrected chi connectivity index (χ0v) is 29.0. The van der Waals surface area contributed by atoms with E-state index in [2.05, 4.69) is 0 Å². The number of benzene rings is 3. The van der Waals surface area contributed by atoms with Crippen molar-refractivity contribution in [2.75, 3.05) is 7.11 Å². The lowest BCUT2D eigenvalue weighted by Crippen LogP contribution is -2.59. The lowest BCUT2D eigenvalue weighted by Gasteiger charge is -2.43. The van der Waals surface area contributed by atoms with Crippen LogP contribution in [0.25, 0.3) is 0 Å². The molecule has 16 nitrogen and oxygen atoms in total. The molecule has 2 aliphatic carbocycles. The summed E-state index contributed by atoms with van der Waals surface area (Å²) in [6, 6.07) is 6.56. The van der Waals surface area contributed by atoms with Crippen LogP contribution in [-0.4, -0.2) is 92.9 Å². The van der Waals surface area contributed by atoms with Crippen LogP contribution in [0.5, 0.6) is 17.2 Å². The molecule has 3 aliphatic rings. The maximum absolute atomic E-state index is 13.9. The summed E-state index contributed by atoms with van der Waals surface area (Å²) in [5.74, 6) is -7.87. The number of aliphatic hydroxyl groups is 1. The quantitative estimate of drug-likeness (QED) is 0.0868. The number of phenols is 2. The van der Waals surface area contributed by atoms with Crippen molar-refractivity contribution in [2.24, 2.45) is 0 Å². The molecule has 55 heavy (non-hydrogen) atoms. The van der Waals surface area contributed by atoms with E-state index < -0.39 is 118 Å². The molecule has 1 aliphatic heterocycles. The number of methoxy groups -OCH3 is 1. The number of esters is 1. The SMILES string of the molecule is COc1cccc2c1C(=O)c1c(O)c3c(c(O)c1C2=O)C[C@@](O)(C(C)=O)C[C@@H]3O[C@H]1CC(NC(=O)C(F)(F)F)[C@H](OC(=O)c2ccc([N+](=O)[O-])cc2)C(C)O1. The number of fused-ring (bicyclic) bond motifs is 3. The lowest BCUT2D eigenvalue weighted by molar-refractivity contribution is -0.384. The van der Waals surface area contributed by atoms with Gasteiger partial charge in [0.25, 0.3) is 5.69 Å². The van der Waals surface area contributed by atoms with E-state index in [1.807, 2.05) is 0 Å². The maximum atomic E-state index is 13.9. The van der Waals surface area contributed by atoms with Crippen LogP contribution in [0.1, 0.15) is 86.1 Å². The summed E-state index contributed by atoms with van der Waals surface area (Å²) in [4.78, 5) is 75.8. The first-order valence-corrected chi connectivity index (χ1v) is 16.5. The Kier molecular flexibility index (Phi) is 9.91. The third-order valence-corrected chi connectivity index (χ3v) is 9.85. The Hall–Kier alpha value is -5.92. The number of rotatable bonds is 8. The number of phenolic OH excluding ortho intramolecular Hbond substituents is 2. The zero-order chi connectivity index (χ0) is 40.3. The predicted molar refractivity (Wildman–Crippen MR) is 177 cm³/mol. The largest absolute Gasteiger partial charge is 0.507 e. The number of amides is 1. The first-order chi connectivity index (χ1) is 25.8. The van der Waals surface area contributed by atoms with Crippen LogP contribution in [0.15, 0.2) is 42.5 Å². The minimum atomic E-state index is -5.39. The minimum absolute atomic E-state index is 0.0164. The molecule has 4 N–H and O–H groups in total. The van der Waals surface area contributed by atoms with Crippen LogP contribution in [0.2, 0.25) is 0 Å². The number of non-ortho nitro benzene ring substituents is 1. The normalized spacial score (nSPS) is 24.5. The number of alkyl halides is 3. The second kappa shape index (κ2) is 14.1. The van der Waals surface area contributed by atoms with Crippen molar-refractivity contribution in [3.05, 3.63) is 91.5 Å². The molecule has 1 heterocycles. The first kappa shape index (κ1) is 38.8. The molecule has 0 saturated carbocycles. The average molecular weight is 773 g/mol. The second-order valence-corrected chi connectivity index (χ2v) is 13.2. The molecule has 1 saturated heterocycles. The highest BCUT2D eigenvalue weighted by Crippen LogP contribution is 2.52. The number of nitrogens with zero attached hydrogens (tertiary/aromatic N) is 1. The Labute approximate surface area is 307 Å². The highest BCUT2D eigenvalue weighted by Gasteiger charge is 2.51. The minimum Gasteiger partial charge on any atom is -0.507 e. The molecule has 0 spiro atoms. The van der Waals surface area contributed by atoms with Gasteiger partial charge in [-0.15, -0.1) is 0 Å². The monoisotopic (exact) mass is 772 g/mol. The topological polar surface area (TPSA) is 238 Å². The second-order valence-electron chi connectivity index (χ2n) is 13.2. The van der Waals surface area contributed by atoms with Crippen molar-refractivity contribution in [1.82, 2.24) is 5.32 Å². The molecule has 2 unspecified atom stereocenters. The number of nitrogens with one attached hydrogen (secondary N) is 1. The van der Waals surface area contributed by atoms with Crippen LogP contribution >= 0.6 is 0 Å². The number of Topliss-reactive ketones (excluding diaryl/α,β-unsaturated/α-hetero) is 1. The van der Waals surface area contributed by atoms with Gasteiger partial charge in [-0.25, -0.2) is 4.79 Å². The molecule has 1 amide bonds. The van der Waals surface area contributed by atoms with Crippen molar-refractivity contribution >= 4 is 34.9 Å². The third-order valence-electron chi connectivity index (χ3n) is 9.85. The fourth-order valence-corrected chi connectivity index (χ4v) is 7.09. The molecule has 1 fully saturated rings. The molecule has 6 rings (SSSR count). The molecule has 6 atom stereocenters. The van der Waals surface area contributed by atoms with E-state index in [1.54, 1.807) is 5.32 Å². The Balaban J connectivity index is 1.37. The molecular formula is C36H31F3N2O14. The van der Waals surface area contributed by atoms with Gasteiger partial charge in [0, 0.05) is 48.1 Å². The number of nitro groups is 1. The van der Waals surface area contributed by atoms with E-state index >= 15 is 0 Å². The van der Waals surface area contributed by atoms with E-state index in [0.717, 1.165) is 31.2 Å². The Morgan fingerprint density at radius 3 is 2.27 bits per heavy atom. The van der Waals surface area contributed by atoms with Crippen LogP contribution < -0.4 is 10.1 Å². The molecule has 3 aromatic carbocycles. The average Bonchev–Trinajstić information content (AvgIpc) is 3.12. The molecule has 0 bridgehead atoms. The number of aromatic hydroxyl groups is 2. The molecule has 19 heteroatoms. The summed E-state index contributed by atoms with van der Waals surface area (Å²) in [5, 5.41) is 47.5. The van der Waals surface area contributed by atoms with E-state index in [-0.39, 0.29) is 39.3 Å². The van der Waals surface area contributed by atoms with Gasteiger partial charge in [0.15, 0.2) is 17.9 Å². The lowest BCUT2D eigenvalue weighted by atomic mass is 9.72. The van der Waals surface area contributed by atoms with Gasteiger partial charge in [0.1, 0.15) is 29.0 Å². The molecular weight excluding hydrogens is 741 g/mol. The maximum Gasteiger partial charge on any atom is 0.471 e. The smallest absolute Gasteiger partial charge is 0.471 e. The summed E-state index contributed by atoms with van der Waals surface area (Å²) < 4.78 is 63.0. The van der Waals surface area contributed by atoms with E-state index in [9.17, 15) is 62.6 Å². The van der Waals surface area contributed by atoms with Crippen molar-refractivity contribution in [3.8, 4) is 17.2 Å². The first-order valence-electron chi connectivity index (χ1n) is 16.5. The van der Waals surface area contributed by atoms with Crippen molar-refractivity contribution in [1.29, 1.82) is 0 Å². The summed E-state index contributed by atoms with van der Waals surface area (Å²) in [5.41, 5.74) is -5.15. The summed E-state index contributed by atoms with van der Waals surface area (Å²) >= 11 is 0. The highest BCUT2D eigenvalue weighted by atomic mass is 19.4. The zero-order valence-electron chi connectivity index (χ0n) is 29.0. The molecule has 0 radical (unpaired) electrons. The van der Waals surface area contributed by atoms with Gasteiger partial charge in [-0.1, -0.05) is 12.1 Å². The molecule has 3 aromatic rings. The number of halogens is 3. The Morgan fingerprint density at radius 2 is 1.67 bits per heavy atom. The number of nitro benzene ring substituents is 1. The summed E-state index contributed by atoms with van der Waals surface area (Å²) in [7, 11) is 1.25. The number of carbonyl (C=O) groups excluding carboxylic acids is 5. The van der Waals surface area contributed by atoms with Gasteiger partial charge in [-0.2, -0.15) is 13.2 Å². The number of hydrogen-bond acceptors (Lipinski definition) is 14. The summed E-state index contributed by atoms with van der Waals surface area (Å²) in [6.07, 6.45) is -13.6. The summed E-state index contributed by atoms with van der Waals surface area (Å²) in [6.45, 7) is 2.30. The van der Waals surface area contributed by atoms with E-state index in [4.69, 9.17) is 18.9 Å². The van der Waals surface area contributed by atoms with E-state index in [1.165, 1.54) is 32.2 Å². The molecule has 290 valence electrons. The number of carbonyl (C=O) groups is 5. The number of hydrogen-bond donors (Lipinski definition) is 4. The van der Waals surface area contributed by atoms with Crippen molar-refractivity contribution < 1.29 is 76.3 Å². The van der Waals surface area contributed by atoms with Crippen LogP contribution in [0.4, 0.5) is 18.9 Å². The molecule has 0 aromatic heterocycles. The van der Waals surface area contributed by atoms with Crippen LogP contribution in [-0.2, 0) is 30.2 Å². The third kappa shape index (κ3) is 6.85. The van der Waals surface area contributed by atoms with Gasteiger partial charge in [0.2, 0.25) is 5.78 Å². The van der Waals surface area contributed by atoms with Gasteiger partial charge in [-0.3, -0.25) is 29.3 Å². The standard InChI is InChI=1S/C36H31F3N2O14/c1-14-32(55-33(47)16-7-9-17(10-8-16)41(50)51)20(40-34(48)36(37,38)39)11-23(53-14)54-22-13-35(49,15(2)42)12-19-25(22)31(46)27-26(29(19)44)28(43)18-5-4-6-21(52-3)24(18)30(27)45/h4-10,14,20,22-23,32,44,46,49H,11-13H2,1-3H3,(H,40,48)/t14?,20?,22-,23-,32+,35-/m0/s1. The van der Waals surface area contributed by atoms with Gasteiger partial charge >= 0.3 is 18.1 Å². The Morgan fingerprint density at radius 1 is 1.02 bits per heavy atom.